The number of rotatable bonds is 6. The highest BCUT2D eigenvalue weighted by Crippen LogP contribution is 2.40. The van der Waals surface area contributed by atoms with Crippen LogP contribution >= 0.6 is 0 Å². The molecule has 0 aromatic heterocycles. The summed E-state index contributed by atoms with van der Waals surface area (Å²) in [6, 6.07) is 0. The molecule has 0 heteroatoms. The molecular weight excluding hydrogens is 192 g/mol. The molecule has 0 aliphatic rings. The molecule has 0 rings (SSSR count). The molecule has 0 amide bonds. The molecule has 0 nitrogen and oxygen atoms in total. The first-order chi connectivity index (χ1) is 7.23. The Hall–Kier alpha value is -0.520. The lowest BCUT2D eigenvalue weighted by Crippen LogP contribution is -2.25. The van der Waals surface area contributed by atoms with Crippen molar-refractivity contribution in [3.05, 3.63) is 23.8 Å². The van der Waals surface area contributed by atoms with Crippen LogP contribution in [0.2, 0.25) is 0 Å². The molecule has 1 unspecified atom stereocenters. The molecule has 0 N–H and O–H groups in total. The third-order valence-corrected chi connectivity index (χ3v) is 4.16. The molecule has 0 bridgehead atoms. The summed E-state index contributed by atoms with van der Waals surface area (Å²) < 4.78 is 0. The van der Waals surface area contributed by atoms with Crippen LogP contribution in [-0.2, 0) is 0 Å². The van der Waals surface area contributed by atoms with E-state index in [-0.39, 0.29) is 5.41 Å². The van der Waals surface area contributed by atoms with Gasteiger partial charge in [0.15, 0.2) is 0 Å². The van der Waals surface area contributed by atoms with E-state index in [9.17, 15) is 0 Å². The van der Waals surface area contributed by atoms with E-state index in [4.69, 9.17) is 0 Å². The van der Waals surface area contributed by atoms with E-state index in [0.29, 0.717) is 5.92 Å². The highest BCUT2D eigenvalue weighted by Gasteiger charge is 2.29. The van der Waals surface area contributed by atoms with Gasteiger partial charge in [-0.1, -0.05) is 58.4 Å². The first kappa shape index (κ1) is 15.5. The topological polar surface area (TPSA) is 0 Å². The van der Waals surface area contributed by atoms with Gasteiger partial charge in [0.25, 0.3) is 0 Å². The zero-order valence-corrected chi connectivity index (χ0v) is 12.4. The molecule has 0 aliphatic heterocycles. The van der Waals surface area contributed by atoms with Crippen molar-refractivity contribution >= 4 is 0 Å². The van der Waals surface area contributed by atoms with Gasteiger partial charge in [-0.05, 0) is 43.9 Å². The summed E-state index contributed by atoms with van der Waals surface area (Å²) in [5.41, 5.74) is 3.08. The summed E-state index contributed by atoms with van der Waals surface area (Å²) in [6.07, 6.45) is 4.64. The van der Waals surface area contributed by atoms with Crippen LogP contribution in [0.4, 0.5) is 0 Å². The van der Waals surface area contributed by atoms with Crippen molar-refractivity contribution in [2.75, 3.05) is 0 Å². The lowest BCUT2D eigenvalue weighted by molar-refractivity contribution is 0.313. The van der Waals surface area contributed by atoms with E-state index in [1.165, 1.54) is 17.6 Å². The molecule has 0 spiro atoms. The molecule has 0 saturated heterocycles. The molecule has 0 radical (unpaired) electrons. The van der Waals surface area contributed by atoms with Gasteiger partial charge in [-0.3, -0.25) is 0 Å². The molecule has 16 heavy (non-hydrogen) atoms. The van der Waals surface area contributed by atoms with Gasteiger partial charge in [0.1, 0.15) is 0 Å². The maximum Gasteiger partial charge on any atom is -0.00847 e. The largest absolute Gasteiger partial charge is 0.0993 e. The van der Waals surface area contributed by atoms with Gasteiger partial charge in [0.2, 0.25) is 0 Å². The van der Waals surface area contributed by atoms with Gasteiger partial charge in [0, 0.05) is 0 Å². The first-order valence-corrected chi connectivity index (χ1v) is 6.54. The van der Waals surface area contributed by atoms with Crippen LogP contribution in [0, 0.1) is 17.3 Å². The van der Waals surface area contributed by atoms with Gasteiger partial charge in [-0.25, -0.2) is 0 Å². The summed E-state index contributed by atoms with van der Waals surface area (Å²) >= 11 is 0. The van der Waals surface area contributed by atoms with Crippen LogP contribution in [0.25, 0.3) is 0 Å². The summed E-state index contributed by atoms with van der Waals surface area (Å²) in [7, 11) is 0. The monoisotopic (exact) mass is 222 g/mol. The number of hydrogen-bond acceptors (Lipinski definition) is 0. The summed E-state index contributed by atoms with van der Waals surface area (Å²) in [6.45, 7) is 20.2. The van der Waals surface area contributed by atoms with E-state index in [2.05, 4.69) is 61.1 Å². The lowest BCUT2D eigenvalue weighted by Gasteiger charge is -2.35. The van der Waals surface area contributed by atoms with Crippen LogP contribution in [-0.4, -0.2) is 0 Å². The molecule has 94 valence electrons. The van der Waals surface area contributed by atoms with Gasteiger partial charge >= 0.3 is 0 Å². The van der Waals surface area contributed by atoms with Crippen LogP contribution in [0.15, 0.2) is 23.8 Å². The Balaban J connectivity index is 4.58. The third kappa shape index (κ3) is 4.15. The Bertz CT molecular complexity index is 253. The predicted molar refractivity (Wildman–Crippen MR) is 75.6 cm³/mol. The molecule has 0 aromatic rings. The smallest absolute Gasteiger partial charge is 0.00847 e. The molecule has 0 heterocycles. The zero-order valence-electron chi connectivity index (χ0n) is 12.4. The van der Waals surface area contributed by atoms with E-state index >= 15 is 0 Å². The lowest BCUT2D eigenvalue weighted by atomic mass is 9.70. The van der Waals surface area contributed by atoms with Gasteiger partial charge in [-0.2, -0.15) is 0 Å². The third-order valence-electron chi connectivity index (χ3n) is 4.16. The maximum atomic E-state index is 4.31. The Kier molecular flexibility index (Phi) is 6.07. The van der Waals surface area contributed by atoms with E-state index in [0.717, 1.165) is 12.3 Å². The maximum absolute atomic E-state index is 4.31. The van der Waals surface area contributed by atoms with E-state index in [1.807, 2.05) is 0 Å². The second kappa shape index (κ2) is 6.27. The first-order valence-electron chi connectivity index (χ1n) is 6.54. The predicted octanol–water partition coefficient (Wildman–Crippen LogP) is 5.61. The van der Waals surface area contributed by atoms with Gasteiger partial charge < -0.3 is 0 Å². The van der Waals surface area contributed by atoms with Crippen LogP contribution < -0.4 is 0 Å². The molecule has 1 atom stereocenters. The molecule has 0 saturated carbocycles. The van der Waals surface area contributed by atoms with Crippen molar-refractivity contribution in [1.82, 2.24) is 0 Å². The minimum absolute atomic E-state index is 0.214. The molecule has 0 aromatic carbocycles. The second-order valence-corrected chi connectivity index (χ2v) is 6.01. The minimum Gasteiger partial charge on any atom is -0.0993 e. The van der Waals surface area contributed by atoms with Crippen molar-refractivity contribution in [2.24, 2.45) is 17.3 Å². The number of allylic oxidation sites excluding steroid dienone is 3. The second-order valence-electron chi connectivity index (χ2n) is 6.01. The molecule has 0 fully saturated rings. The van der Waals surface area contributed by atoms with Gasteiger partial charge in [-0.15, -0.1) is 0 Å². The van der Waals surface area contributed by atoms with Crippen molar-refractivity contribution in [1.29, 1.82) is 0 Å². The SMILES string of the molecule is C=C(CCC(C)C)C(C)(C)C(C)/C(C)=C/C. The molecule has 0 aliphatic carbocycles. The van der Waals surface area contributed by atoms with E-state index < -0.39 is 0 Å². The van der Waals surface area contributed by atoms with Crippen molar-refractivity contribution in [2.45, 2.75) is 61.3 Å². The highest BCUT2D eigenvalue weighted by molar-refractivity contribution is 5.16. The zero-order chi connectivity index (χ0) is 12.9. The van der Waals surface area contributed by atoms with E-state index in [1.54, 1.807) is 0 Å². The number of hydrogen-bond donors (Lipinski definition) is 0. The van der Waals surface area contributed by atoms with Crippen molar-refractivity contribution < 1.29 is 0 Å². The fourth-order valence-electron chi connectivity index (χ4n) is 1.91. The minimum atomic E-state index is 0.214. The van der Waals surface area contributed by atoms with Crippen molar-refractivity contribution in [3.63, 3.8) is 0 Å². The Morgan fingerprint density at radius 1 is 1.25 bits per heavy atom. The molecular formula is C16H30. The quantitative estimate of drug-likeness (QED) is 0.513. The fraction of sp³-hybridized carbons (Fsp3) is 0.750. The fourth-order valence-corrected chi connectivity index (χ4v) is 1.91. The summed E-state index contributed by atoms with van der Waals surface area (Å²) in [5.74, 6) is 1.35. The summed E-state index contributed by atoms with van der Waals surface area (Å²) in [5, 5.41) is 0. The van der Waals surface area contributed by atoms with Crippen LogP contribution in [0.3, 0.4) is 0 Å². The Labute approximate surface area is 103 Å². The van der Waals surface area contributed by atoms with Crippen LogP contribution in [0.5, 0.6) is 0 Å². The Morgan fingerprint density at radius 3 is 2.12 bits per heavy atom. The average molecular weight is 222 g/mol. The van der Waals surface area contributed by atoms with Gasteiger partial charge in [0.05, 0.1) is 0 Å². The highest BCUT2D eigenvalue weighted by atomic mass is 14.3. The average Bonchev–Trinajstić information content (AvgIpc) is 2.23. The van der Waals surface area contributed by atoms with Crippen LogP contribution in [0.1, 0.15) is 61.3 Å². The normalized spacial score (nSPS) is 15.4. The summed E-state index contributed by atoms with van der Waals surface area (Å²) in [4.78, 5) is 0. The Morgan fingerprint density at radius 2 is 1.75 bits per heavy atom. The van der Waals surface area contributed by atoms with Crippen molar-refractivity contribution in [3.8, 4) is 0 Å². The standard InChI is InChI=1S/C16H30/c1-9-13(4)15(6)16(7,8)14(5)11-10-12(2)3/h9,12,15H,5,10-11H2,1-4,6-8H3/b13-9+.